The van der Waals surface area contributed by atoms with E-state index >= 15 is 0 Å². The topological polar surface area (TPSA) is 47.4 Å². The molecule has 2 rings (SSSR count). The number of aryl methyl sites for hydroxylation is 1. The normalized spacial score (nSPS) is 10.5. The van der Waals surface area contributed by atoms with Crippen LogP contribution in [0.25, 0.3) is 0 Å². The van der Waals surface area contributed by atoms with E-state index in [0.29, 0.717) is 12.6 Å². The number of carbonyl (C=O) groups is 1. The van der Waals surface area contributed by atoms with Crippen molar-refractivity contribution in [2.75, 3.05) is 13.7 Å². The molecule has 0 atom stereocenters. The monoisotopic (exact) mass is 295 g/mol. The van der Waals surface area contributed by atoms with Crippen molar-refractivity contribution < 1.29 is 18.3 Å². The molecule has 0 saturated heterocycles. The molecule has 7 heteroatoms. The van der Waals surface area contributed by atoms with Gasteiger partial charge in [0.15, 0.2) is 18.2 Å². The summed E-state index contributed by atoms with van der Waals surface area (Å²) < 4.78 is 32.8. The zero-order chi connectivity index (χ0) is 15.4. The minimum atomic E-state index is -0.835. The quantitative estimate of drug-likeness (QED) is 0.844. The summed E-state index contributed by atoms with van der Waals surface area (Å²) in [5.41, 5.74) is 0.876. The molecule has 0 N–H and O–H groups in total. The van der Waals surface area contributed by atoms with Gasteiger partial charge in [0.25, 0.3) is 5.91 Å². The van der Waals surface area contributed by atoms with Crippen molar-refractivity contribution in [1.29, 1.82) is 0 Å². The van der Waals surface area contributed by atoms with Gasteiger partial charge in [-0.1, -0.05) is 0 Å². The first kappa shape index (κ1) is 15.0. The van der Waals surface area contributed by atoms with Gasteiger partial charge in [-0.2, -0.15) is 5.10 Å². The summed E-state index contributed by atoms with van der Waals surface area (Å²) in [4.78, 5) is 13.3. The predicted octanol–water partition coefficient (Wildman–Crippen LogP) is 1.74. The summed E-state index contributed by atoms with van der Waals surface area (Å²) in [5, 5.41) is 4.00. The summed E-state index contributed by atoms with van der Waals surface area (Å²) in [6.45, 7) is 0.0568. The van der Waals surface area contributed by atoms with Crippen LogP contribution >= 0.6 is 0 Å². The Balaban J connectivity index is 1.89. The number of likely N-dealkylation sites (N-methyl/N-ethyl adjacent to an activating group) is 1. The van der Waals surface area contributed by atoms with Gasteiger partial charge in [-0.25, -0.2) is 8.78 Å². The van der Waals surface area contributed by atoms with Crippen molar-refractivity contribution in [3.63, 3.8) is 0 Å². The average Bonchev–Trinajstić information content (AvgIpc) is 2.82. The SMILES string of the molecule is CN(Cc1cnn(C)c1)C(=O)COc1ccc(F)cc1F. The maximum absolute atomic E-state index is 13.4. The molecule has 112 valence electrons. The summed E-state index contributed by atoms with van der Waals surface area (Å²) in [5.74, 6) is -2.00. The highest BCUT2D eigenvalue weighted by molar-refractivity contribution is 5.77. The van der Waals surface area contributed by atoms with Crippen LogP contribution in [0.2, 0.25) is 0 Å². The highest BCUT2D eigenvalue weighted by atomic mass is 19.1. The Kier molecular flexibility index (Phi) is 4.52. The van der Waals surface area contributed by atoms with Gasteiger partial charge < -0.3 is 9.64 Å². The average molecular weight is 295 g/mol. The lowest BCUT2D eigenvalue weighted by Crippen LogP contribution is -2.31. The van der Waals surface area contributed by atoms with Crippen molar-refractivity contribution in [1.82, 2.24) is 14.7 Å². The van der Waals surface area contributed by atoms with Gasteiger partial charge in [0.2, 0.25) is 0 Å². The number of amides is 1. The van der Waals surface area contributed by atoms with E-state index in [2.05, 4.69) is 5.10 Å². The number of ether oxygens (including phenoxy) is 1. The van der Waals surface area contributed by atoms with Crippen molar-refractivity contribution in [3.05, 3.63) is 47.8 Å². The number of nitrogens with zero attached hydrogens (tertiary/aromatic N) is 3. The molecule has 0 radical (unpaired) electrons. The van der Waals surface area contributed by atoms with Gasteiger partial charge in [-0.3, -0.25) is 9.48 Å². The molecule has 0 aliphatic rings. The maximum atomic E-state index is 13.4. The summed E-state index contributed by atoms with van der Waals surface area (Å²) in [6.07, 6.45) is 3.45. The van der Waals surface area contributed by atoms with Crippen LogP contribution in [0.3, 0.4) is 0 Å². The van der Waals surface area contributed by atoms with Crippen LogP contribution in [-0.4, -0.2) is 34.2 Å². The highest BCUT2D eigenvalue weighted by Crippen LogP contribution is 2.17. The molecule has 0 aliphatic heterocycles. The number of halogens is 2. The van der Waals surface area contributed by atoms with Gasteiger partial charge in [-0.05, 0) is 12.1 Å². The van der Waals surface area contributed by atoms with Crippen molar-refractivity contribution in [2.45, 2.75) is 6.54 Å². The molecule has 1 aromatic heterocycles. The van der Waals surface area contributed by atoms with Crippen LogP contribution in [0, 0.1) is 11.6 Å². The zero-order valence-electron chi connectivity index (χ0n) is 11.7. The summed E-state index contributed by atoms with van der Waals surface area (Å²) >= 11 is 0. The van der Waals surface area contributed by atoms with Gasteiger partial charge in [0.1, 0.15) is 5.82 Å². The van der Waals surface area contributed by atoms with E-state index in [1.54, 1.807) is 31.2 Å². The molecule has 21 heavy (non-hydrogen) atoms. The molecule has 2 aromatic rings. The molecular weight excluding hydrogens is 280 g/mol. The lowest BCUT2D eigenvalue weighted by molar-refractivity contribution is -0.132. The maximum Gasteiger partial charge on any atom is 0.260 e. The zero-order valence-corrected chi connectivity index (χ0v) is 11.7. The number of benzene rings is 1. The fraction of sp³-hybridized carbons (Fsp3) is 0.286. The number of hydrogen-bond donors (Lipinski definition) is 0. The van der Waals surface area contributed by atoms with E-state index < -0.39 is 11.6 Å². The second kappa shape index (κ2) is 6.34. The van der Waals surface area contributed by atoms with Crippen molar-refractivity contribution in [2.24, 2.45) is 7.05 Å². The molecule has 5 nitrogen and oxygen atoms in total. The van der Waals surface area contributed by atoms with Crippen LogP contribution in [0.1, 0.15) is 5.56 Å². The van der Waals surface area contributed by atoms with Crippen molar-refractivity contribution in [3.8, 4) is 5.75 Å². The fourth-order valence-corrected chi connectivity index (χ4v) is 1.76. The van der Waals surface area contributed by atoms with Gasteiger partial charge in [0, 0.05) is 38.5 Å². The molecule has 0 unspecified atom stereocenters. The van der Waals surface area contributed by atoms with E-state index in [9.17, 15) is 13.6 Å². The fourth-order valence-electron chi connectivity index (χ4n) is 1.76. The Bertz CT molecular complexity index is 643. The third-order valence-corrected chi connectivity index (χ3v) is 2.85. The molecule has 0 saturated carbocycles. The molecule has 0 spiro atoms. The van der Waals surface area contributed by atoms with Crippen molar-refractivity contribution >= 4 is 5.91 Å². The Labute approximate surface area is 120 Å². The standard InChI is InChI=1S/C14H15F2N3O2/c1-18(7-10-6-17-19(2)8-10)14(20)9-21-13-4-3-11(15)5-12(13)16/h3-6,8H,7,9H2,1-2H3. The van der Waals surface area contributed by atoms with Gasteiger partial charge in [-0.15, -0.1) is 0 Å². The minimum absolute atomic E-state index is 0.153. The lowest BCUT2D eigenvalue weighted by atomic mass is 10.3. The molecule has 0 aliphatic carbocycles. The number of aromatic nitrogens is 2. The first-order valence-corrected chi connectivity index (χ1v) is 6.25. The van der Waals surface area contributed by atoms with E-state index in [4.69, 9.17) is 4.74 Å². The Morgan fingerprint density at radius 1 is 1.43 bits per heavy atom. The summed E-state index contributed by atoms with van der Waals surface area (Å²) in [7, 11) is 3.39. The first-order valence-electron chi connectivity index (χ1n) is 6.25. The van der Waals surface area contributed by atoms with Crippen LogP contribution < -0.4 is 4.74 Å². The second-order valence-corrected chi connectivity index (χ2v) is 4.64. The van der Waals surface area contributed by atoms with Crippen LogP contribution in [0.15, 0.2) is 30.6 Å². The van der Waals surface area contributed by atoms with E-state index in [0.717, 1.165) is 17.7 Å². The second-order valence-electron chi connectivity index (χ2n) is 4.64. The molecule has 0 bridgehead atoms. The highest BCUT2D eigenvalue weighted by Gasteiger charge is 2.13. The third-order valence-electron chi connectivity index (χ3n) is 2.85. The van der Waals surface area contributed by atoms with Crippen LogP contribution in [0.5, 0.6) is 5.75 Å². The summed E-state index contributed by atoms with van der Waals surface area (Å²) in [6, 6.07) is 2.93. The van der Waals surface area contributed by atoms with E-state index in [1.807, 2.05) is 0 Å². The molecule has 0 fully saturated rings. The Morgan fingerprint density at radius 2 is 2.19 bits per heavy atom. The molecular formula is C14H15F2N3O2. The largest absolute Gasteiger partial charge is 0.481 e. The number of hydrogen-bond acceptors (Lipinski definition) is 3. The van der Waals surface area contributed by atoms with Crippen LogP contribution in [-0.2, 0) is 18.4 Å². The number of carbonyl (C=O) groups excluding carboxylic acids is 1. The third kappa shape index (κ3) is 4.01. The van der Waals surface area contributed by atoms with Gasteiger partial charge >= 0.3 is 0 Å². The van der Waals surface area contributed by atoms with Crippen LogP contribution in [0.4, 0.5) is 8.78 Å². The van der Waals surface area contributed by atoms with Gasteiger partial charge in [0.05, 0.1) is 6.20 Å². The smallest absolute Gasteiger partial charge is 0.260 e. The lowest BCUT2D eigenvalue weighted by Gasteiger charge is -2.16. The van der Waals surface area contributed by atoms with E-state index in [-0.39, 0.29) is 18.3 Å². The van der Waals surface area contributed by atoms with E-state index in [1.165, 1.54) is 4.90 Å². The molecule has 1 heterocycles. The number of rotatable bonds is 5. The first-order chi connectivity index (χ1) is 9.95. The minimum Gasteiger partial charge on any atom is -0.481 e. The Hall–Kier alpha value is -2.44. The molecule has 1 aromatic carbocycles. The Morgan fingerprint density at radius 3 is 2.81 bits per heavy atom. The predicted molar refractivity (Wildman–Crippen MR) is 71.5 cm³/mol. The molecule has 1 amide bonds.